The smallest absolute Gasteiger partial charge is 0.337 e. The number of hydrogen-bond acceptors (Lipinski definition) is 3. The number of aryl methyl sites for hydroxylation is 1. The lowest BCUT2D eigenvalue weighted by atomic mass is 9.83. The molecule has 4 heteroatoms. The lowest BCUT2D eigenvalue weighted by Gasteiger charge is -2.30. The molecule has 1 N–H and O–H groups in total. The molecule has 0 saturated carbocycles. The fourth-order valence-electron chi connectivity index (χ4n) is 5.94. The highest BCUT2D eigenvalue weighted by atomic mass is 16.5. The van der Waals surface area contributed by atoms with E-state index in [1.165, 1.54) is 33.4 Å². The highest BCUT2D eigenvalue weighted by Crippen LogP contribution is 2.44. The molecule has 0 radical (unpaired) electrons. The molecule has 4 aromatic rings. The molecular weight excluding hydrogens is 494 g/mol. The quantitative estimate of drug-likeness (QED) is 0.259. The molecule has 4 aromatic carbocycles. The van der Waals surface area contributed by atoms with Crippen LogP contribution in [0, 0.1) is 20.8 Å². The maximum absolute atomic E-state index is 12.7. The summed E-state index contributed by atoms with van der Waals surface area (Å²) in [5, 5.41) is 10.4. The van der Waals surface area contributed by atoms with Gasteiger partial charge in [0, 0.05) is 25.2 Å². The summed E-state index contributed by atoms with van der Waals surface area (Å²) in [4.78, 5) is 15.2. The van der Waals surface area contributed by atoms with Crippen LogP contribution in [-0.2, 0) is 29.2 Å². The van der Waals surface area contributed by atoms with Gasteiger partial charge in [-0.05, 0) is 97.7 Å². The molecule has 40 heavy (non-hydrogen) atoms. The van der Waals surface area contributed by atoms with Crippen molar-refractivity contribution in [3.8, 4) is 22.3 Å². The van der Waals surface area contributed by atoms with Gasteiger partial charge < -0.3 is 9.84 Å². The number of ether oxygens (including phenoxy) is 1. The highest BCUT2D eigenvalue weighted by Gasteiger charge is 2.35. The van der Waals surface area contributed by atoms with E-state index >= 15 is 0 Å². The molecule has 0 fully saturated rings. The van der Waals surface area contributed by atoms with Crippen LogP contribution in [0.5, 0.6) is 0 Å². The third-order valence-electron chi connectivity index (χ3n) is 7.82. The molecule has 1 heterocycles. The third-order valence-corrected chi connectivity index (χ3v) is 7.82. The number of fused-ring (bicyclic) bond motifs is 1. The molecule has 206 valence electrons. The molecule has 0 saturated heterocycles. The van der Waals surface area contributed by atoms with Gasteiger partial charge >= 0.3 is 5.97 Å². The molecule has 0 aromatic heterocycles. The standard InChI is InChI=1S/C36H39NO3/c1-23-15-17-28(18-16-23)32-24(2)30-21-37(20-26-11-10-14-29(19-26)27-12-8-7-9-13-27)22-31(30)25(3)33(32)34(35(38)39)40-36(4,5)6/h7-19,34H,20-22H2,1-6H3,(H,38,39). The van der Waals surface area contributed by atoms with Crippen molar-refractivity contribution in [1.82, 2.24) is 4.90 Å². The Bertz CT molecular complexity index is 1530. The molecule has 0 aliphatic carbocycles. The number of rotatable bonds is 7. The van der Waals surface area contributed by atoms with Crippen LogP contribution in [0.1, 0.15) is 65.8 Å². The number of hydrogen-bond donors (Lipinski definition) is 1. The van der Waals surface area contributed by atoms with Crippen LogP contribution in [0.3, 0.4) is 0 Å². The Hall–Kier alpha value is -3.73. The zero-order valence-corrected chi connectivity index (χ0v) is 24.4. The minimum atomic E-state index is -1.06. The van der Waals surface area contributed by atoms with Crippen LogP contribution in [0.25, 0.3) is 22.3 Å². The Morgan fingerprint density at radius 2 is 1.45 bits per heavy atom. The minimum Gasteiger partial charge on any atom is -0.479 e. The van der Waals surface area contributed by atoms with Crippen LogP contribution in [0.15, 0.2) is 78.9 Å². The van der Waals surface area contributed by atoms with Gasteiger partial charge in [0.05, 0.1) is 5.60 Å². The molecule has 0 spiro atoms. The molecule has 1 aliphatic rings. The van der Waals surface area contributed by atoms with Gasteiger partial charge in [-0.25, -0.2) is 4.79 Å². The fourth-order valence-corrected chi connectivity index (χ4v) is 5.94. The van der Waals surface area contributed by atoms with Crippen molar-refractivity contribution in [2.75, 3.05) is 0 Å². The Morgan fingerprint density at radius 1 is 0.825 bits per heavy atom. The van der Waals surface area contributed by atoms with Crippen LogP contribution < -0.4 is 0 Å². The lowest BCUT2D eigenvalue weighted by molar-refractivity contribution is -0.160. The summed E-state index contributed by atoms with van der Waals surface area (Å²) in [6.45, 7) is 14.5. The zero-order valence-electron chi connectivity index (χ0n) is 24.4. The number of carbonyl (C=O) groups is 1. The predicted octanol–water partition coefficient (Wildman–Crippen LogP) is 8.40. The fraction of sp³-hybridized carbons (Fsp3) is 0.306. The maximum Gasteiger partial charge on any atom is 0.337 e. The van der Waals surface area contributed by atoms with Crippen LogP contribution in [-0.4, -0.2) is 21.6 Å². The number of carboxylic acids is 1. The first kappa shape index (κ1) is 27.8. The van der Waals surface area contributed by atoms with Crippen LogP contribution in [0.2, 0.25) is 0 Å². The van der Waals surface area contributed by atoms with Crippen molar-refractivity contribution in [3.63, 3.8) is 0 Å². The normalized spacial score (nSPS) is 14.2. The van der Waals surface area contributed by atoms with Gasteiger partial charge in [-0.1, -0.05) is 78.4 Å². The summed E-state index contributed by atoms with van der Waals surface area (Å²) in [7, 11) is 0. The Balaban J connectivity index is 1.56. The van der Waals surface area contributed by atoms with E-state index in [1.807, 2.05) is 26.8 Å². The lowest BCUT2D eigenvalue weighted by Crippen LogP contribution is -2.28. The average Bonchev–Trinajstić information content (AvgIpc) is 3.34. The van der Waals surface area contributed by atoms with Gasteiger partial charge in [-0.3, -0.25) is 4.90 Å². The SMILES string of the molecule is Cc1ccc(-c2c(C)c3c(c(C)c2C(OC(C)(C)C)C(=O)O)CN(Cc2cccc(-c4ccccc4)c2)C3)cc1. The second kappa shape index (κ2) is 11.0. The number of carboxylic acid groups (broad SMARTS) is 1. The highest BCUT2D eigenvalue weighted by molar-refractivity contribution is 5.84. The largest absolute Gasteiger partial charge is 0.479 e. The maximum atomic E-state index is 12.7. The molecule has 1 aliphatic heterocycles. The molecule has 5 rings (SSSR count). The molecular formula is C36H39NO3. The number of aliphatic carboxylic acids is 1. The topological polar surface area (TPSA) is 49.8 Å². The van der Waals surface area contributed by atoms with Crippen LogP contribution >= 0.6 is 0 Å². The summed E-state index contributed by atoms with van der Waals surface area (Å²) < 4.78 is 6.23. The van der Waals surface area contributed by atoms with Gasteiger partial charge in [0.15, 0.2) is 6.10 Å². The van der Waals surface area contributed by atoms with Crippen molar-refractivity contribution in [2.24, 2.45) is 0 Å². The van der Waals surface area contributed by atoms with E-state index < -0.39 is 17.7 Å². The second-order valence-electron chi connectivity index (χ2n) is 12.0. The van der Waals surface area contributed by atoms with Gasteiger partial charge in [-0.15, -0.1) is 0 Å². The van der Waals surface area contributed by atoms with Crippen molar-refractivity contribution >= 4 is 5.97 Å². The molecule has 1 unspecified atom stereocenters. The zero-order chi connectivity index (χ0) is 28.6. The average molecular weight is 534 g/mol. The van der Waals surface area contributed by atoms with Gasteiger partial charge in [0.2, 0.25) is 0 Å². The Morgan fingerprint density at radius 3 is 2.08 bits per heavy atom. The minimum absolute atomic E-state index is 0.608. The van der Waals surface area contributed by atoms with Crippen molar-refractivity contribution in [2.45, 2.75) is 72.9 Å². The van der Waals surface area contributed by atoms with E-state index in [0.29, 0.717) is 0 Å². The summed E-state index contributed by atoms with van der Waals surface area (Å²) >= 11 is 0. The van der Waals surface area contributed by atoms with Crippen molar-refractivity contribution in [3.05, 3.63) is 118 Å². The molecule has 0 amide bonds. The van der Waals surface area contributed by atoms with E-state index in [-0.39, 0.29) is 0 Å². The molecule has 1 atom stereocenters. The summed E-state index contributed by atoms with van der Waals surface area (Å²) in [6.07, 6.45) is -1.06. The third kappa shape index (κ3) is 5.74. The molecule has 0 bridgehead atoms. The van der Waals surface area contributed by atoms with Crippen molar-refractivity contribution < 1.29 is 14.6 Å². The monoisotopic (exact) mass is 533 g/mol. The predicted molar refractivity (Wildman–Crippen MR) is 162 cm³/mol. The van der Waals surface area contributed by atoms with E-state index in [4.69, 9.17) is 4.74 Å². The second-order valence-corrected chi connectivity index (χ2v) is 12.0. The first-order chi connectivity index (χ1) is 19.0. The summed E-state index contributed by atoms with van der Waals surface area (Å²) in [5.41, 5.74) is 11.7. The van der Waals surface area contributed by atoms with Gasteiger partial charge in [-0.2, -0.15) is 0 Å². The number of nitrogens with zero attached hydrogens (tertiary/aromatic N) is 1. The Labute approximate surface area is 238 Å². The first-order valence-electron chi connectivity index (χ1n) is 14.0. The van der Waals surface area contributed by atoms with E-state index in [2.05, 4.69) is 98.5 Å². The van der Waals surface area contributed by atoms with E-state index in [0.717, 1.165) is 47.5 Å². The summed E-state index contributed by atoms with van der Waals surface area (Å²) in [5.74, 6) is -0.960. The van der Waals surface area contributed by atoms with Gasteiger partial charge in [0.25, 0.3) is 0 Å². The van der Waals surface area contributed by atoms with Gasteiger partial charge in [0.1, 0.15) is 0 Å². The first-order valence-corrected chi connectivity index (χ1v) is 14.0. The van der Waals surface area contributed by atoms with E-state index in [1.54, 1.807) is 0 Å². The van der Waals surface area contributed by atoms with Crippen molar-refractivity contribution in [1.29, 1.82) is 0 Å². The number of benzene rings is 4. The van der Waals surface area contributed by atoms with E-state index in [9.17, 15) is 9.90 Å². The Kier molecular flexibility index (Phi) is 7.67. The summed E-state index contributed by atoms with van der Waals surface area (Å²) in [6, 6.07) is 27.6. The van der Waals surface area contributed by atoms with Crippen LogP contribution in [0.4, 0.5) is 0 Å². The molecule has 4 nitrogen and oxygen atoms in total.